The number of hydrogen-bond donors (Lipinski definition) is 1. The monoisotopic (exact) mass is 328 g/mol. The van der Waals surface area contributed by atoms with E-state index >= 15 is 0 Å². The van der Waals surface area contributed by atoms with Crippen LogP contribution in [0.15, 0.2) is 24.8 Å². The number of fused-ring (bicyclic) bond motifs is 1. The van der Waals surface area contributed by atoms with Crippen molar-refractivity contribution in [3.05, 3.63) is 36.2 Å². The number of aromatic nitrogens is 4. The minimum Gasteiger partial charge on any atom is -0.378 e. The van der Waals surface area contributed by atoms with Crippen molar-refractivity contribution in [2.24, 2.45) is 0 Å². The SMILES string of the molecule is c1cn2c(n1)[C@H](CNCc1cnc(N3CCOCC3)nc1)CCC2. The number of anilines is 1. The van der Waals surface area contributed by atoms with Crippen LogP contribution in [0.3, 0.4) is 0 Å². The predicted octanol–water partition coefficient (Wildman–Crippen LogP) is 1.18. The zero-order valence-corrected chi connectivity index (χ0v) is 13.9. The maximum Gasteiger partial charge on any atom is 0.225 e. The zero-order valence-electron chi connectivity index (χ0n) is 13.9. The molecule has 0 amide bonds. The van der Waals surface area contributed by atoms with E-state index in [1.807, 2.05) is 18.6 Å². The van der Waals surface area contributed by atoms with Crippen LogP contribution in [-0.2, 0) is 17.8 Å². The lowest BCUT2D eigenvalue weighted by molar-refractivity contribution is 0.122. The van der Waals surface area contributed by atoms with Gasteiger partial charge in [0.25, 0.3) is 0 Å². The number of aryl methyl sites for hydroxylation is 1. The van der Waals surface area contributed by atoms with Gasteiger partial charge in [0.2, 0.25) is 5.95 Å². The molecular weight excluding hydrogens is 304 g/mol. The molecule has 7 heteroatoms. The van der Waals surface area contributed by atoms with Crippen LogP contribution >= 0.6 is 0 Å². The Morgan fingerprint density at radius 2 is 1.96 bits per heavy atom. The van der Waals surface area contributed by atoms with Crippen LogP contribution in [0.1, 0.15) is 30.1 Å². The second kappa shape index (κ2) is 7.27. The molecule has 1 atom stereocenters. The van der Waals surface area contributed by atoms with E-state index in [-0.39, 0.29) is 0 Å². The quantitative estimate of drug-likeness (QED) is 0.889. The molecule has 0 bridgehead atoms. The van der Waals surface area contributed by atoms with Gasteiger partial charge in [-0.3, -0.25) is 0 Å². The zero-order chi connectivity index (χ0) is 16.2. The highest BCUT2D eigenvalue weighted by atomic mass is 16.5. The summed E-state index contributed by atoms with van der Waals surface area (Å²) in [5, 5.41) is 3.53. The predicted molar refractivity (Wildman–Crippen MR) is 91.0 cm³/mol. The summed E-state index contributed by atoms with van der Waals surface area (Å²) < 4.78 is 7.63. The Hall–Kier alpha value is -1.99. The topological polar surface area (TPSA) is 68.1 Å². The van der Waals surface area contributed by atoms with Gasteiger partial charge < -0.3 is 19.5 Å². The van der Waals surface area contributed by atoms with Crippen LogP contribution in [0.5, 0.6) is 0 Å². The Balaban J connectivity index is 1.29. The average molecular weight is 328 g/mol. The van der Waals surface area contributed by atoms with Crippen molar-refractivity contribution in [3.8, 4) is 0 Å². The van der Waals surface area contributed by atoms with Gasteiger partial charge in [0.15, 0.2) is 0 Å². The molecule has 7 nitrogen and oxygen atoms in total. The Morgan fingerprint density at radius 3 is 2.79 bits per heavy atom. The van der Waals surface area contributed by atoms with E-state index in [2.05, 4.69) is 35.9 Å². The highest BCUT2D eigenvalue weighted by Crippen LogP contribution is 2.24. The second-order valence-electron chi connectivity index (χ2n) is 6.44. The third-order valence-corrected chi connectivity index (χ3v) is 4.77. The fourth-order valence-corrected chi connectivity index (χ4v) is 3.46. The molecule has 0 saturated carbocycles. The van der Waals surface area contributed by atoms with Crippen LogP contribution in [0, 0.1) is 0 Å². The number of imidazole rings is 1. The normalized spacial score (nSPS) is 20.8. The number of ether oxygens (including phenoxy) is 1. The summed E-state index contributed by atoms with van der Waals surface area (Å²) in [5.74, 6) is 2.52. The molecule has 0 radical (unpaired) electrons. The van der Waals surface area contributed by atoms with Crippen molar-refractivity contribution in [3.63, 3.8) is 0 Å². The molecule has 0 unspecified atom stereocenters. The van der Waals surface area contributed by atoms with E-state index in [0.29, 0.717) is 5.92 Å². The fraction of sp³-hybridized carbons (Fsp3) is 0.588. The van der Waals surface area contributed by atoms with Crippen molar-refractivity contribution < 1.29 is 4.74 Å². The van der Waals surface area contributed by atoms with Gasteiger partial charge in [-0.1, -0.05) is 0 Å². The molecule has 0 aliphatic carbocycles. The third kappa shape index (κ3) is 3.42. The minimum absolute atomic E-state index is 0.502. The highest BCUT2D eigenvalue weighted by Gasteiger charge is 2.20. The fourth-order valence-electron chi connectivity index (χ4n) is 3.46. The van der Waals surface area contributed by atoms with Crippen LogP contribution < -0.4 is 10.2 Å². The van der Waals surface area contributed by atoms with Crippen molar-refractivity contribution in [1.29, 1.82) is 0 Å². The molecule has 2 aliphatic heterocycles. The summed E-state index contributed by atoms with van der Waals surface area (Å²) in [6.45, 7) is 6.08. The molecule has 4 heterocycles. The molecule has 1 saturated heterocycles. The number of morpholine rings is 1. The van der Waals surface area contributed by atoms with E-state index in [4.69, 9.17) is 4.74 Å². The molecule has 2 aromatic rings. The molecular formula is C17H24N6O. The molecule has 0 spiro atoms. The van der Waals surface area contributed by atoms with Crippen molar-refractivity contribution in [1.82, 2.24) is 24.8 Å². The van der Waals surface area contributed by atoms with E-state index in [1.54, 1.807) is 0 Å². The van der Waals surface area contributed by atoms with E-state index in [1.165, 1.54) is 18.7 Å². The molecule has 1 fully saturated rings. The van der Waals surface area contributed by atoms with Crippen molar-refractivity contribution in [2.45, 2.75) is 31.8 Å². The lowest BCUT2D eigenvalue weighted by Crippen LogP contribution is -2.37. The van der Waals surface area contributed by atoms with Gasteiger partial charge in [-0.2, -0.15) is 0 Å². The van der Waals surface area contributed by atoms with Gasteiger partial charge in [0, 0.05) is 69.0 Å². The average Bonchev–Trinajstić information content (AvgIpc) is 3.13. The minimum atomic E-state index is 0.502. The first-order chi connectivity index (χ1) is 11.9. The summed E-state index contributed by atoms with van der Waals surface area (Å²) in [7, 11) is 0. The maximum absolute atomic E-state index is 5.36. The Morgan fingerprint density at radius 1 is 1.12 bits per heavy atom. The van der Waals surface area contributed by atoms with E-state index in [9.17, 15) is 0 Å². The van der Waals surface area contributed by atoms with E-state index < -0.39 is 0 Å². The van der Waals surface area contributed by atoms with Gasteiger partial charge in [-0.25, -0.2) is 15.0 Å². The number of rotatable bonds is 5. The van der Waals surface area contributed by atoms with Crippen LogP contribution in [0.4, 0.5) is 5.95 Å². The lowest BCUT2D eigenvalue weighted by Gasteiger charge is -2.26. The molecule has 0 aromatic carbocycles. The summed E-state index contributed by atoms with van der Waals surface area (Å²) in [6.07, 6.45) is 10.3. The Kier molecular flexibility index (Phi) is 4.71. The summed E-state index contributed by atoms with van der Waals surface area (Å²) in [6, 6.07) is 0. The summed E-state index contributed by atoms with van der Waals surface area (Å²) in [5.41, 5.74) is 1.12. The number of nitrogens with zero attached hydrogens (tertiary/aromatic N) is 5. The molecule has 2 aliphatic rings. The standard InChI is InChI=1S/C17H24N6O/c1-2-15(16-19-3-5-22(16)4-1)13-18-10-14-11-20-17(21-12-14)23-6-8-24-9-7-23/h3,5,11-12,15,18H,1-2,4,6-10,13H2/t15-/m0/s1. The van der Waals surface area contributed by atoms with Gasteiger partial charge in [-0.05, 0) is 12.8 Å². The highest BCUT2D eigenvalue weighted by molar-refractivity contribution is 5.30. The Labute approximate surface area is 142 Å². The smallest absolute Gasteiger partial charge is 0.225 e. The van der Waals surface area contributed by atoms with Gasteiger partial charge in [-0.15, -0.1) is 0 Å². The van der Waals surface area contributed by atoms with E-state index in [0.717, 1.165) is 57.4 Å². The van der Waals surface area contributed by atoms with Gasteiger partial charge in [0.05, 0.1) is 13.2 Å². The third-order valence-electron chi connectivity index (χ3n) is 4.77. The largest absolute Gasteiger partial charge is 0.378 e. The van der Waals surface area contributed by atoms with Crippen LogP contribution in [0.2, 0.25) is 0 Å². The summed E-state index contributed by atoms with van der Waals surface area (Å²) >= 11 is 0. The van der Waals surface area contributed by atoms with Crippen molar-refractivity contribution >= 4 is 5.95 Å². The second-order valence-corrected chi connectivity index (χ2v) is 6.44. The number of nitrogens with one attached hydrogen (secondary N) is 1. The summed E-state index contributed by atoms with van der Waals surface area (Å²) in [4.78, 5) is 15.7. The van der Waals surface area contributed by atoms with Crippen LogP contribution in [0.25, 0.3) is 0 Å². The molecule has 1 N–H and O–H groups in total. The molecule has 24 heavy (non-hydrogen) atoms. The molecule has 2 aromatic heterocycles. The first-order valence-corrected chi connectivity index (χ1v) is 8.75. The lowest BCUT2D eigenvalue weighted by atomic mass is 9.99. The van der Waals surface area contributed by atoms with Gasteiger partial charge in [0.1, 0.15) is 5.82 Å². The number of hydrogen-bond acceptors (Lipinski definition) is 6. The van der Waals surface area contributed by atoms with Gasteiger partial charge >= 0.3 is 0 Å². The first kappa shape index (κ1) is 15.5. The maximum atomic E-state index is 5.36. The van der Waals surface area contributed by atoms with Crippen molar-refractivity contribution in [2.75, 3.05) is 37.7 Å². The molecule has 128 valence electrons. The van der Waals surface area contributed by atoms with Crippen LogP contribution in [-0.4, -0.2) is 52.4 Å². The molecule has 4 rings (SSSR count). The Bertz CT molecular complexity index is 649. The first-order valence-electron chi connectivity index (χ1n) is 8.75.